The lowest BCUT2D eigenvalue weighted by molar-refractivity contribution is 0.586. The van der Waals surface area contributed by atoms with Crippen LogP contribution in [0.1, 0.15) is 25.2 Å². The minimum atomic E-state index is 0.141. The zero-order valence-electron chi connectivity index (χ0n) is 10.8. The van der Waals surface area contributed by atoms with Crippen molar-refractivity contribution < 1.29 is 0 Å². The van der Waals surface area contributed by atoms with Gasteiger partial charge in [0.1, 0.15) is 12.4 Å². The van der Waals surface area contributed by atoms with Gasteiger partial charge in [0.15, 0.2) is 0 Å². The number of aromatic nitrogens is 3. The highest BCUT2D eigenvalue weighted by atomic mass is 35.5. The third-order valence-corrected chi connectivity index (χ3v) is 2.97. The summed E-state index contributed by atoms with van der Waals surface area (Å²) in [6, 6.07) is 7.86. The maximum atomic E-state index is 8.77. The van der Waals surface area contributed by atoms with Crippen LogP contribution < -0.4 is 5.32 Å². The number of hydrogen-bond donors (Lipinski definition) is 1. The second-order valence-corrected chi connectivity index (χ2v) is 4.80. The van der Waals surface area contributed by atoms with Crippen molar-refractivity contribution in [3.63, 3.8) is 0 Å². The number of nitrogens with one attached hydrogen (secondary N) is 1. The molecule has 2 rings (SSSR count). The molecule has 1 aromatic heterocycles. The molecular weight excluding hydrogens is 262 g/mol. The monoisotopic (exact) mass is 275 g/mol. The summed E-state index contributed by atoms with van der Waals surface area (Å²) in [7, 11) is 0. The van der Waals surface area contributed by atoms with Gasteiger partial charge in [0.05, 0.1) is 5.69 Å². The average Bonchev–Trinajstić information content (AvgIpc) is 2.85. The maximum absolute atomic E-state index is 8.77. The molecule has 0 fully saturated rings. The minimum Gasteiger partial charge on any atom is -0.310 e. The van der Waals surface area contributed by atoms with E-state index in [1.54, 1.807) is 4.68 Å². The summed E-state index contributed by atoms with van der Waals surface area (Å²) in [5.41, 5.74) is 1.77. The lowest BCUT2D eigenvalue weighted by Crippen LogP contribution is -2.23. The normalized spacial score (nSPS) is 10.7. The smallest absolute Gasteiger partial charge is 0.252 e. The van der Waals surface area contributed by atoms with Crippen LogP contribution in [0.5, 0.6) is 0 Å². The fraction of sp³-hybridized carbons (Fsp3) is 0.308. The molecule has 0 unspecified atom stereocenters. The van der Waals surface area contributed by atoms with E-state index < -0.39 is 0 Å². The number of nitrogens with zero attached hydrogens (tertiary/aromatic N) is 4. The highest BCUT2D eigenvalue weighted by molar-refractivity contribution is 6.31. The van der Waals surface area contributed by atoms with Gasteiger partial charge in [-0.05, 0) is 12.1 Å². The Hall–Kier alpha value is -1.90. The zero-order chi connectivity index (χ0) is 13.8. The molecule has 5 nitrogen and oxygen atoms in total. The number of benzene rings is 1. The third kappa shape index (κ3) is 3.11. The lowest BCUT2D eigenvalue weighted by Gasteiger charge is -2.13. The Kier molecular flexibility index (Phi) is 4.15. The van der Waals surface area contributed by atoms with Crippen molar-refractivity contribution in [2.75, 3.05) is 0 Å². The Bertz CT molecular complexity index is 612. The summed E-state index contributed by atoms with van der Waals surface area (Å²) < 4.78 is 1.57. The summed E-state index contributed by atoms with van der Waals surface area (Å²) in [5, 5.41) is 16.8. The van der Waals surface area contributed by atoms with Gasteiger partial charge in [-0.25, -0.2) is 9.67 Å². The molecule has 0 atom stereocenters. The molecule has 0 aliphatic carbocycles. The summed E-state index contributed by atoms with van der Waals surface area (Å²) >= 11 is 6.24. The molecular formula is C13H14ClN5. The van der Waals surface area contributed by atoms with E-state index in [-0.39, 0.29) is 5.82 Å². The molecule has 1 heterocycles. The molecule has 0 aliphatic rings. The third-order valence-electron chi connectivity index (χ3n) is 2.62. The van der Waals surface area contributed by atoms with Gasteiger partial charge in [-0.2, -0.15) is 5.26 Å². The largest absolute Gasteiger partial charge is 0.310 e. The van der Waals surface area contributed by atoms with E-state index in [2.05, 4.69) is 29.2 Å². The van der Waals surface area contributed by atoms with Crippen LogP contribution in [0, 0.1) is 11.3 Å². The van der Waals surface area contributed by atoms with Gasteiger partial charge in [0.25, 0.3) is 5.82 Å². The maximum Gasteiger partial charge on any atom is 0.252 e. The van der Waals surface area contributed by atoms with Crippen LogP contribution in [-0.4, -0.2) is 20.8 Å². The van der Waals surface area contributed by atoms with Crippen LogP contribution in [0.15, 0.2) is 24.5 Å². The number of halogens is 1. The van der Waals surface area contributed by atoms with E-state index in [0.717, 1.165) is 11.3 Å². The van der Waals surface area contributed by atoms with Gasteiger partial charge < -0.3 is 5.32 Å². The van der Waals surface area contributed by atoms with Crippen LogP contribution in [0.2, 0.25) is 5.02 Å². The van der Waals surface area contributed by atoms with Crippen molar-refractivity contribution in [1.82, 2.24) is 20.1 Å². The first kappa shape index (κ1) is 13.5. The number of hydrogen-bond acceptors (Lipinski definition) is 4. The van der Waals surface area contributed by atoms with Gasteiger partial charge in [-0.3, -0.25) is 0 Å². The van der Waals surface area contributed by atoms with Crippen molar-refractivity contribution in [3.8, 4) is 11.8 Å². The molecule has 0 saturated carbocycles. The SMILES string of the molecule is CC(C)NCc1c(Cl)cccc1-n1cnc(C#N)n1. The summed E-state index contributed by atoms with van der Waals surface area (Å²) in [6.07, 6.45) is 1.52. The first-order chi connectivity index (χ1) is 9.11. The Balaban J connectivity index is 2.39. The molecule has 1 N–H and O–H groups in total. The number of rotatable bonds is 4. The van der Waals surface area contributed by atoms with E-state index in [0.29, 0.717) is 17.6 Å². The molecule has 2 aromatic rings. The highest BCUT2D eigenvalue weighted by Gasteiger charge is 2.11. The first-order valence-electron chi connectivity index (χ1n) is 5.94. The summed E-state index contributed by atoms with van der Waals surface area (Å²) in [4.78, 5) is 3.90. The van der Waals surface area contributed by atoms with Crippen molar-refractivity contribution >= 4 is 11.6 Å². The van der Waals surface area contributed by atoms with Gasteiger partial charge in [-0.1, -0.05) is 31.5 Å². The van der Waals surface area contributed by atoms with E-state index in [9.17, 15) is 0 Å². The molecule has 6 heteroatoms. The van der Waals surface area contributed by atoms with Crippen molar-refractivity contribution in [1.29, 1.82) is 5.26 Å². The zero-order valence-corrected chi connectivity index (χ0v) is 11.5. The van der Waals surface area contributed by atoms with Crippen LogP contribution in [0.4, 0.5) is 0 Å². The first-order valence-corrected chi connectivity index (χ1v) is 6.32. The summed E-state index contributed by atoms with van der Waals surface area (Å²) in [6.45, 7) is 4.77. The summed E-state index contributed by atoms with van der Waals surface area (Å²) in [5.74, 6) is 0.141. The van der Waals surface area contributed by atoms with Crippen LogP contribution >= 0.6 is 11.6 Å². The molecule has 0 aliphatic heterocycles. The molecule has 0 bridgehead atoms. The molecule has 0 amide bonds. The Morgan fingerprint density at radius 2 is 2.26 bits per heavy atom. The second-order valence-electron chi connectivity index (χ2n) is 4.40. The fourth-order valence-electron chi connectivity index (χ4n) is 1.67. The Morgan fingerprint density at radius 3 is 2.89 bits per heavy atom. The predicted molar refractivity (Wildman–Crippen MR) is 73.1 cm³/mol. The number of nitriles is 1. The quantitative estimate of drug-likeness (QED) is 0.930. The van der Waals surface area contributed by atoms with Crippen LogP contribution in [0.25, 0.3) is 5.69 Å². The van der Waals surface area contributed by atoms with Crippen molar-refractivity contribution in [2.45, 2.75) is 26.4 Å². The molecule has 98 valence electrons. The van der Waals surface area contributed by atoms with Crippen LogP contribution in [0.3, 0.4) is 0 Å². The minimum absolute atomic E-state index is 0.141. The topological polar surface area (TPSA) is 66.5 Å². The van der Waals surface area contributed by atoms with Gasteiger partial charge in [-0.15, -0.1) is 5.10 Å². The Labute approximate surface area is 116 Å². The van der Waals surface area contributed by atoms with E-state index in [1.807, 2.05) is 24.3 Å². The van der Waals surface area contributed by atoms with E-state index >= 15 is 0 Å². The molecule has 0 saturated heterocycles. The predicted octanol–water partition coefficient (Wildman–Crippen LogP) is 2.29. The highest BCUT2D eigenvalue weighted by Crippen LogP contribution is 2.22. The van der Waals surface area contributed by atoms with Crippen molar-refractivity contribution in [3.05, 3.63) is 40.9 Å². The average molecular weight is 276 g/mol. The van der Waals surface area contributed by atoms with Gasteiger partial charge in [0, 0.05) is 23.2 Å². The Morgan fingerprint density at radius 1 is 1.47 bits per heavy atom. The van der Waals surface area contributed by atoms with E-state index in [1.165, 1.54) is 6.33 Å². The molecule has 0 spiro atoms. The van der Waals surface area contributed by atoms with Gasteiger partial charge in [0.2, 0.25) is 0 Å². The van der Waals surface area contributed by atoms with Crippen molar-refractivity contribution in [2.24, 2.45) is 0 Å². The molecule has 0 radical (unpaired) electrons. The molecule has 1 aromatic carbocycles. The standard InChI is InChI=1S/C13H14ClN5/c1-9(2)16-7-10-11(14)4-3-5-12(10)19-8-17-13(6-15)18-19/h3-5,8-9,16H,7H2,1-2H3. The van der Waals surface area contributed by atoms with Gasteiger partial charge >= 0.3 is 0 Å². The van der Waals surface area contributed by atoms with E-state index in [4.69, 9.17) is 16.9 Å². The molecule has 19 heavy (non-hydrogen) atoms. The fourth-order valence-corrected chi connectivity index (χ4v) is 1.91. The lowest BCUT2D eigenvalue weighted by atomic mass is 10.1. The van der Waals surface area contributed by atoms with Crippen LogP contribution in [-0.2, 0) is 6.54 Å². The second kappa shape index (κ2) is 5.83.